The van der Waals surface area contributed by atoms with Crippen LogP contribution in [0.4, 0.5) is 0 Å². The summed E-state index contributed by atoms with van der Waals surface area (Å²) < 4.78 is 28.4. The predicted octanol–water partition coefficient (Wildman–Crippen LogP) is -0.114. The Balaban J connectivity index is 1.84. The zero-order chi connectivity index (χ0) is 15.3. The maximum Gasteiger partial charge on any atom is 0.243 e. The first-order valence-electron chi connectivity index (χ1n) is 7.36. The van der Waals surface area contributed by atoms with Gasteiger partial charge in [0.15, 0.2) is 0 Å². The molecule has 0 amide bonds. The van der Waals surface area contributed by atoms with E-state index in [0.29, 0.717) is 13.1 Å². The number of nitrogens with one attached hydrogen (secondary N) is 1. The lowest BCUT2D eigenvalue weighted by Crippen LogP contribution is -2.34. The van der Waals surface area contributed by atoms with Gasteiger partial charge in [0.2, 0.25) is 10.0 Å². The maximum atomic E-state index is 12.2. The molecule has 1 aliphatic heterocycles. The molecule has 0 bridgehead atoms. The fraction of sp³-hybridized carbons (Fsp3) is 0.769. The quantitative estimate of drug-likeness (QED) is 0.698. The lowest BCUT2D eigenvalue weighted by molar-refractivity contribution is 0.269. The van der Waals surface area contributed by atoms with Crippen molar-refractivity contribution >= 4 is 10.0 Å². The number of aliphatic hydroxyl groups excluding tert-OH is 1. The maximum absolute atomic E-state index is 12.2. The summed E-state index contributed by atoms with van der Waals surface area (Å²) in [6, 6.07) is 0. The summed E-state index contributed by atoms with van der Waals surface area (Å²) in [4.78, 5) is 2.52. The van der Waals surface area contributed by atoms with Crippen LogP contribution < -0.4 is 4.72 Å². The largest absolute Gasteiger partial charge is 0.394 e. The summed E-state index contributed by atoms with van der Waals surface area (Å²) in [5, 5.41) is 12.7. The molecule has 1 unspecified atom stereocenters. The van der Waals surface area contributed by atoms with Gasteiger partial charge in [-0.1, -0.05) is 6.92 Å². The first kappa shape index (κ1) is 16.4. The van der Waals surface area contributed by atoms with Crippen molar-refractivity contribution in [3.63, 3.8) is 0 Å². The lowest BCUT2D eigenvalue weighted by atomic mass is 10.2. The van der Waals surface area contributed by atoms with E-state index in [2.05, 4.69) is 21.6 Å². The first-order chi connectivity index (χ1) is 10.0. The number of sulfonamides is 1. The molecular weight excluding hydrogens is 292 g/mol. The molecule has 1 fully saturated rings. The van der Waals surface area contributed by atoms with E-state index in [-0.39, 0.29) is 17.4 Å². The molecule has 1 aliphatic rings. The van der Waals surface area contributed by atoms with E-state index < -0.39 is 10.0 Å². The molecule has 120 valence electrons. The molecule has 1 aromatic heterocycles. The fourth-order valence-electron chi connectivity index (χ4n) is 2.51. The number of rotatable bonds is 8. The van der Waals surface area contributed by atoms with E-state index in [1.165, 1.54) is 29.9 Å². The molecule has 2 rings (SSSR count). The van der Waals surface area contributed by atoms with Gasteiger partial charge >= 0.3 is 0 Å². The predicted molar refractivity (Wildman–Crippen MR) is 79.3 cm³/mol. The third kappa shape index (κ3) is 4.77. The Morgan fingerprint density at radius 1 is 1.43 bits per heavy atom. The Hall–Kier alpha value is -0.960. The van der Waals surface area contributed by atoms with Crippen LogP contribution in [-0.2, 0) is 16.6 Å². The molecule has 0 spiro atoms. The van der Waals surface area contributed by atoms with Crippen LogP contribution in [-0.4, -0.2) is 61.0 Å². The third-order valence-electron chi connectivity index (χ3n) is 3.64. The van der Waals surface area contributed by atoms with Gasteiger partial charge in [-0.2, -0.15) is 5.10 Å². The molecule has 0 aliphatic carbocycles. The van der Waals surface area contributed by atoms with Gasteiger partial charge in [-0.25, -0.2) is 13.1 Å². The minimum absolute atomic E-state index is 0.0680. The van der Waals surface area contributed by atoms with Gasteiger partial charge in [-0.3, -0.25) is 4.68 Å². The van der Waals surface area contributed by atoms with Gasteiger partial charge < -0.3 is 10.0 Å². The lowest BCUT2D eigenvalue weighted by Gasteiger charge is -2.20. The third-order valence-corrected chi connectivity index (χ3v) is 5.02. The highest BCUT2D eigenvalue weighted by Crippen LogP contribution is 2.11. The Morgan fingerprint density at radius 3 is 2.81 bits per heavy atom. The standard InChI is InChI=1S/C13H24N4O3S/c1-12(10-16-4-2-3-5-16)8-15-21(19,20)13-9-14-17(11-13)6-7-18/h9,11-12,15,18H,2-8,10H2,1H3. The van der Waals surface area contributed by atoms with Crippen molar-refractivity contribution in [1.29, 1.82) is 0 Å². The molecule has 1 saturated heterocycles. The van der Waals surface area contributed by atoms with Gasteiger partial charge in [-0.05, 0) is 31.8 Å². The Kier molecular flexibility index (Phi) is 5.74. The average molecular weight is 316 g/mol. The topological polar surface area (TPSA) is 87.5 Å². The smallest absolute Gasteiger partial charge is 0.243 e. The van der Waals surface area contributed by atoms with E-state index in [1.54, 1.807) is 0 Å². The normalized spacial score (nSPS) is 18.2. The van der Waals surface area contributed by atoms with E-state index in [4.69, 9.17) is 5.11 Å². The van der Waals surface area contributed by atoms with Crippen LogP contribution in [0.2, 0.25) is 0 Å². The van der Waals surface area contributed by atoms with Gasteiger partial charge in [0.05, 0.1) is 19.3 Å². The number of hydrogen-bond acceptors (Lipinski definition) is 5. The van der Waals surface area contributed by atoms with E-state index in [1.807, 2.05) is 0 Å². The molecule has 2 N–H and O–H groups in total. The van der Waals surface area contributed by atoms with Gasteiger partial charge in [-0.15, -0.1) is 0 Å². The van der Waals surface area contributed by atoms with E-state index in [9.17, 15) is 8.42 Å². The summed E-state index contributed by atoms with van der Waals surface area (Å²) in [7, 11) is -3.52. The van der Waals surface area contributed by atoms with Crippen LogP contribution in [0.3, 0.4) is 0 Å². The molecule has 0 radical (unpaired) electrons. The van der Waals surface area contributed by atoms with Gasteiger partial charge in [0.1, 0.15) is 4.90 Å². The summed E-state index contributed by atoms with van der Waals surface area (Å²) in [5.41, 5.74) is 0. The highest BCUT2D eigenvalue weighted by Gasteiger charge is 2.19. The number of nitrogens with zero attached hydrogens (tertiary/aromatic N) is 3. The molecule has 2 heterocycles. The number of aromatic nitrogens is 2. The van der Waals surface area contributed by atoms with Gasteiger partial charge in [0, 0.05) is 19.3 Å². The second-order valence-electron chi connectivity index (χ2n) is 5.63. The number of aliphatic hydroxyl groups is 1. The summed E-state index contributed by atoms with van der Waals surface area (Å²) in [5.74, 6) is 0.269. The van der Waals surface area contributed by atoms with Crippen LogP contribution in [0.1, 0.15) is 19.8 Å². The van der Waals surface area contributed by atoms with Crippen molar-refractivity contribution in [3.05, 3.63) is 12.4 Å². The Morgan fingerprint density at radius 2 is 2.14 bits per heavy atom. The van der Waals surface area contributed by atoms with Crippen molar-refractivity contribution in [1.82, 2.24) is 19.4 Å². The summed E-state index contributed by atoms with van der Waals surface area (Å²) in [6.45, 7) is 5.85. The molecule has 7 nitrogen and oxygen atoms in total. The zero-order valence-corrected chi connectivity index (χ0v) is 13.2. The first-order valence-corrected chi connectivity index (χ1v) is 8.85. The van der Waals surface area contributed by atoms with Crippen LogP contribution in [0, 0.1) is 5.92 Å². The van der Waals surface area contributed by atoms with Crippen molar-refractivity contribution in [2.45, 2.75) is 31.2 Å². The Labute approximate surface area is 126 Å². The van der Waals surface area contributed by atoms with Crippen molar-refractivity contribution < 1.29 is 13.5 Å². The molecule has 8 heteroatoms. The minimum atomic E-state index is -3.52. The molecule has 1 aromatic rings. The Bertz CT molecular complexity index is 537. The summed E-state index contributed by atoms with van der Waals surface area (Å²) >= 11 is 0. The summed E-state index contributed by atoms with van der Waals surface area (Å²) in [6.07, 6.45) is 5.22. The van der Waals surface area contributed by atoms with Crippen molar-refractivity contribution in [3.8, 4) is 0 Å². The molecular formula is C13H24N4O3S. The van der Waals surface area contributed by atoms with Crippen molar-refractivity contribution in [2.75, 3.05) is 32.8 Å². The van der Waals surface area contributed by atoms with E-state index in [0.717, 1.165) is 19.6 Å². The van der Waals surface area contributed by atoms with Crippen LogP contribution in [0.5, 0.6) is 0 Å². The van der Waals surface area contributed by atoms with Crippen LogP contribution in [0.25, 0.3) is 0 Å². The zero-order valence-electron chi connectivity index (χ0n) is 12.4. The number of likely N-dealkylation sites (tertiary alicyclic amines) is 1. The van der Waals surface area contributed by atoms with Crippen LogP contribution >= 0.6 is 0 Å². The fourth-order valence-corrected chi connectivity index (χ4v) is 3.63. The van der Waals surface area contributed by atoms with Crippen molar-refractivity contribution in [2.24, 2.45) is 5.92 Å². The molecule has 1 atom stereocenters. The molecule has 0 aromatic carbocycles. The van der Waals surface area contributed by atoms with Crippen LogP contribution in [0.15, 0.2) is 17.3 Å². The second-order valence-corrected chi connectivity index (χ2v) is 7.39. The van der Waals surface area contributed by atoms with Gasteiger partial charge in [0.25, 0.3) is 0 Å². The second kappa shape index (κ2) is 7.35. The molecule has 21 heavy (non-hydrogen) atoms. The monoisotopic (exact) mass is 316 g/mol. The SMILES string of the molecule is CC(CNS(=O)(=O)c1cnn(CCO)c1)CN1CCCC1. The highest BCUT2D eigenvalue weighted by molar-refractivity contribution is 7.89. The van der Waals surface area contributed by atoms with E-state index >= 15 is 0 Å². The molecule has 0 saturated carbocycles. The average Bonchev–Trinajstić information content (AvgIpc) is 3.09. The minimum Gasteiger partial charge on any atom is -0.394 e. The number of hydrogen-bond donors (Lipinski definition) is 2. The highest BCUT2D eigenvalue weighted by atomic mass is 32.2.